The van der Waals surface area contributed by atoms with Crippen LogP contribution in [0.1, 0.15) is 30.9 Å². The van der Waals surface area contributed by atoms with Crippen LogP contribution in [0.4, 0.5) is 8.78 Å². The predicted molar refractivity (Wildman–Crippen MR) is 56.8 cm³/mol. The Morgan fingerprint density at radius 3 is 2.33 bits per heavy atom. The summed E-state index contributed by atoms with van der Waals surface area (Å²) in [5.41, 5.74) is 1.75. The fourth-order valence-corrected chi connectivity index (χ4v) is 1.23. The Morgan fingerprint density at radius 1 is 1.33 bits per heavy atom. The van der Waals surface area contributed by atoms with Crippen molar-refractivity contribution in [2.75, 3.05) is 6.61 Å². The molecule has 0 heterocycles. The van der Waals surface area contributed by atoms with Crippen molar-refractivity contribution in [2.24, 2.45) is 0 Å². The van der Waals surface area contributed by atoms with Gasteiger partial charge in [0.1, 0.15) is 0 Å². The minimum Gasteiger partial charge on any atom is -0.392 e. The molecule has 1 N–H and O–H groups in total. The smallest absolute Gasteiger partial charge is 0.263 e. The highest BCUT2D eigenvalue weighted by molar-refractivity contribution is 5.53. The van der Waals surface area contributed by atoms with E-state index in [0.717, 1.165) is 17.6 Å². The monoisotopic (exact) mass is 212 g/mol. The minimum atomic E-state index is -2.42. The lowest BCUT2D eigenvalue weighted by molar-refractivity contribution is 0.151. The molecule has 3 heteroatoms. The van der Waals surface area contributed by atoms with Gasteiger partial charge in [0, 0.05) is 5.56 Å². The van der Waals surface area contributed by atoms with Crippen molar-refractivity contribution in [1.82, 2.24) is 0 Å². The van der Waals surface area contributed by atoms with Gasteiger partial charge >= 0.3 is 0 Å². The molecular formula is C12H14F2O. The highest BCUT2D eigenvalue weighted by Gasteiger charge is 2.05. The summed E-state index contributed by atoms with van der Waals surface area (Å²) in [6.07, 6.45) is 0.147. The van der Waals surface area contributed by atoms with Crippen molar-refractivity contribution >= 4 is 6.08 Å². The van der Waals surface area contributed by atoms with Gasteiger partial charge in [0.05, 0.1) is 6.61 Å². The van der Waals surface area contributed by atoms with E-state index in [-0.39, 0.29) is 12.2 Å². The number of benzene rings is 1. The molecule has 0 bridgehead atoms. The zero-order valence-electron chi connectivity index (χ0n) is 8.58. The molecule has 1 aromatic carbocycles. The van der Waals surface area contributed by atoms with Crippen molar-refractivity contribution in [3.05, 3.63) is 41.0 Å². The van der Waals surface area contributed by atoms with E-state index in [9.17, 15) is 8.78 Å². The summed E-state index contributed by atoms with van der Waals surface area (Å²) in [4.78, 5) is 0. The van der Waals surface area contributed by atoms with Crippen molar-refractivity contribution in [2.45, 2.75) is 19.8 Å². The first-order valence-corrected chi connectivity index (χ1v) is 4.85. The second-order valence-electron chi connectivity index (χ2n) is 3.28. The van der Waals surface area contributed by atoms with Gasteiger partial charge in [-0.1, -0.05) is 37.3 Å². The van der Waals surface area contributed by atoms with Crippen LogP contribution in [-0.4, -0.2) is 11.7 Å². The van der Waals surface area contributed by atoms with Gasteiger partial charge in [0.15, 0.2) is 0 Å². The Bertz CT molecular complexity index is 322. The third-order valence-corrected chi connectivity index (χ3v) is 2.22. The van der Waals surface area contributed by atoms with E-state index in [2.05, 4.69) is 0 Å². The van der Waals surface area contributed by atoms with Crippen LogP contribution >= 0.6 is 0 Å². The molecule has 0 fully saturated rings. The minimum absolute atomic E-state index is 0.00704. The number of rotatable bonds is 4. The molecule has 0 unspecified atom stereocenters. The first-order chi connectivity index (χ1) is 7.17. The van der Waals surface area contributed by atoms with E-state index in [1.165, 1.54) is 12.1 Å². The van der Waals surface area contributed by atoms with E-state index in [4.69, 9.17) is 5.11 Å². The van der Waals surface area contributed by atoms with Crippen molar-refractivity contribution < 1.29 is 13.9 Å². The second kappa shape index (κ2) is 5.61. The Balaban J connectivity index is 2.84. The normalized spacial score (nSPS) is 12.2. The Kier molecular flexibility index (Phi) is 4.43. The maximum absolute atomic E-state index is 12.2. The summed E-state index contributed by atoms with van der Waals surface area (Å²) in [5.74, 6) is 0. The van der Waals surface area contributed by atoms with E-state index >= 15 is 0 Å². The molecule has 0 aromatic heterocycles. The number of hydrogen-bond donors (Lipinski definition) is 1. The summed E-state index contributed by atoms with van der Waals surface area (Å²) in [6.45, 7) is 1.95. The molecule has 1 aromatic rings. The molecule has 0 aliphatic rings. The van der Waals surface area contributed by atoms with Gasteiger partial charge in [0.25, 0.3) is 6.43 Å². The summed E-state index contributed by atoms with van der Waals surface area (Å²) >= 11 is 0. The van der Waals surface area contributed by atoms with Crippen molar-refractivity contribution in [1.29, 1.82) is 0 Å². The largest absolute Gasteiger partial charge is 0.392 e. The van der Waals surface area contributed by atoms with Crippen LogP contribution in [0.25, 0.3) is 6.08 Å². The Hall–Kier alpha value is -1.22. The fourth-order valence-electron chi connectivity index (χ4n) is 1.23. The number of aliphatic hydroxyl groups is 1. The topological polar surface area (TPSA) is 20.2 Å². The van der Waals surface area contributed by atoms with Gasteiger partial charge < -0.3 is 5.11 Å². The first kappa shape index (κ1) is 11.9. The van der Waals surface area contributed by atoms with Crippen molar-refractivity contribution in [3.8, 4) is 0 Å². The summed E-state index contributed by atoms with van der Waals surface area (Å²) in [7, 11) is 0. The standard InChI is InChI=1S/C12H14F2O/c1-2-9(8-15)7-10-3-5-11(6-4-10)12(13)14/h3-7,12,15H,2,8H2,1H3/b9-7-. The molecule has 1 nitrogen and oxygen atoms in total. The van der Waals surface area contributed by atoms with Gasteiger partial charge in [0.2, 0.25) is 0 Å². The van der Waals surface area contributed by atoms with Gasteiger partial charge in [-0.3, -0.25) is 0 Å². The van der Waals surface area contributed by atoms with Gasteiger partial charge in [-0.25, -0.2) is 8.78 Å². The predicted octanol–water partition coefficient (Wildman–Crippen LogP) is 3.41. The van der Waals surface area contributed by atoms with E-state index in [1.807, 2.05) is 13.0 Å². The molecule has 1 rings (SSSR count). The molecule has 0 aliphatic heterocycles. The van der Waals surface area contributed by atoms with Gasteiger partial charge in [-0.05, 0) is 17.6 Å². The average Bonchev–Trinajstić information content (AvgIpc) is 2.26. The van der Waals surface area contributed by atoms with Gasteiger partial charge in [-0.15, -0.1) is 0 Å². The lowest BCUT2D eigenvalue weighted by atomic mass is 10.1. The van der Waals surface area contributed by atoms with Gasteiger partial charge in [-0.2, -0.15) is 0 Å². The summed E-state index contributed by atoms with van der Waals surface area (Å²) in [5, 5.41) is 8.94. The summed E-state index contributed by atoms with van der Waals surface area (Å²) < 4.78 is 24.5. The van der Waals surface area contributed by atoms with E-state index in [1.54, 1.807) is 12.1 Å². The first-order valence-electron chi connectivity index (χ1n) is 4.85. The maximum Gasteiger partial charge on any atom is 0.263 e. The molecule has 0 spiro atoms. The van der Waals surface area contributed by atoms with E-state index in [0.29, 0.717) is 0 Å². The van der Waals surface area contributed by atoms with Crippen molar-refractivity contribution in [3.63, 3.8) is 0 Å². The average molecular weight is 212 g/mol. The fraction of sp³-hybridized carbons (Fsp3) is 0.333. The second-order valence-corrected chi connectivity index (χ2v) is 3.28. The van der Waals surface area contributed by atoms with Crippen LogP contribution in [0.5, 0.6) is 0 Å². The van der Waals surface area contributed by atoms with Crippen LogP contribution < -0.4 is 0 Å². The molecule has 0 atom stereocenters. The third kappa shape index (κ3) is 3.44. The third-order valence-electron chi connectivity index (χ3n) is 2.22. The molecule has 0 saturated carbocycles. The molecule has 15 heavy (non-hydrogen) atoms. The lowest BCUT2D eigenvalue weighted by Gasteiger charge is -2.02. The zero-order valence-corrected chi connectivity index (χ0v) is 8.58. The molecule has 0 aliphatic carbocycles. The van der Waals surface area contributed by atoms with Crippen LogP contribution in [0.15, 0.2) is 29.8 Å². The number of alkyl halides is 2. The SMILES string of the molecule is CC/C(=C/c1ccc(C(F)F)cc1)CO. The number of hydrogen-bond acceptors (Lipinski definition) is 1. The van der Waals surface area contributed by atoms with E-state index < -0.39 is 6.43 Å². The quantitative estimate of drug-likeness (QED) is 0.810. The highest BCUT2D eigenvalue weighted by atomic mass is 19.3. The Labute approximate surface area is 88.1 Å². The number of halogens is 2. The van der Waals surface area contributed by atoms with Crippen LogP contribution in [0, 0.1) is 0 Å². The van der Waals surface area contributed by atoms with Crippen LogP contribution in [-0.2, 0) is 0 Å². The Morgan fingerprint density at radius 2 is 1.93 bits per heavy atom. The molecule has 0 radical (unpaired) electrons. The molecule has 0 amide bonds. The number of aliphatic hydroxyl groups excluding tert-OH is 1. The molecule has 0 saturated heterocycles. The van der Waals surface area contributed by atoms with Crippen LogP contribution in [0.3, 0.4) is 0 Å². The highest BCUT2D eigenvalue weighted by Crippen LogP contribution is 2.19. The zero-order chi connectivity index (χ0) is 11.3. The lowest BCUT2D eigenvalue weighted by Crippen LogP contribution is -1.88. The van der Waals surface area contributed by atoms with Crippen LogP contribution in [0.2, 0.25) is 0 Å². The molecule has 82 valence electrons. The summed E-state index contributed by atoms with van der Waals surface area (Å²) in [6, 6.07) is 6.07. The molecular weight excluding hydrogens is 198 g/mol. The maximum atomic E-state index is 12.2.